The monoisotopic (exact) mass is 249 g/mol. The van der Waals surface area contributed by atoms with Gasteiger partial charge in [-0.2, -0.15) is 0 Å². The summed E-state index contributed by atoms with van der Waals surface area (Å²) in [6.07, 6.45) is 3.45. The first kappa shape index (κ1) is 14.4. The van der Waals surface area contributed by atoms with Crippen LogP contribution in [0.4, 0.5) is 4.39 Å². The first-order valence-electron chi connectivity index (χ1n) is 4.46. The van der Waals surface area contributed by atoms with Crippen LogP contribution in [0.25, 0.3) is 0 Å². The highest BCUT2D eigenvalue weighted by atomic mass is 35.5. The van der Waals surface area contributed by atoms with Gasteiger partial charge in [0.05, 0.1) is 5.02 Å². The van der Waals surface area contributed by atoms with Gasteiger partial charge in [0.25, 0.3) is 0 Å². The molecule has 1 rings (SSSR count). The molecule has 0 saturated heterocycles. The summed E-state index contributed by atoms with van der Waals surface area (Å²) < 4.78 is 12.8. The molecule has 0 saturated carbocycles. The zero-order valence-electron chi connectivity index (χ0n) is 8.25. The number of hydrogen-bond donors (Lipinski definition) is 1. The molecule has 0 aliphatic carbocycles. The number of hydrogen-bond acceptors (Lipinski definition) is 1. The second-order valence-corrected chi connectivity index (χ2v) is 3.55. The zero-order chi connectivity index (χ0) is 10.6. The minimum atomic E-state index is -0.411. The van der Waals surface area contributed by atoms with Gasteiger partial charge in [0, 0.05) is 6.04 Å². The Bertz CT molecular complexity index is 328. The molecule has 0 heterocycles. The summed E-state index contributed by atoms with van der Waals surface area (Å²) in [5.41, 5.74) is 6.73. The van der Waals surface area contributed by atoms with Crippen molar-refractivity contribution >= 4 is 24.0 Å². The number of halogens is 3. The van der Waals surface area contributed by atoms with Crippen molar-refractivity contribution in [3.05, 3.63) is 47.3 Å². The van der Waals surface area contributed by atoms with E-state index in [1.54, 1.807) is 12.1 Å². The summed E-state index contributed by atoms with van der Waals surface area (Å²) >= 11 is 5.64. The topological polar surface area (TPSA) is 26.0 Å². The van der Waals surface area contributed by atoms with Crippen LogP contribution in [0, 0.1) is 5.82 Å². The van der Waals surface area contributed by atoms with Gasteiger partial charge in [-0.1, -0.05) is 23.7 Å². The van der Waals surface area contributed by atoms with Gasteiger partial charge in [0.15, 0.2) is 0 Å². The minimum absolute atomic E-state index is 0. The zero-order valence-corrected chi connectivity index (χ0v) is 9.82. The Morgan fingerprint density at radius 2 is 2.20 bits per heavy atom. The lowest BCUT2D eigenvalue weighted by Crippen LogP contribution is -2.09. The lowest BCUT2D eigenvalue weighted by Gasteiger charge is -2.10. The van der Waals surface area contributed by atoms with Crippen molar-refractivity contribution in [3.8, 4) is 0 Å². The number of rotatable bonds is 4. The molecule has 0 bridgehead atoms. The predicted molar refractivity (Wildman–Crippen MR) is 65.0 cm³/mol. The van der Waals surface area contributed by atoms with Gasteiger partial charge >= 0.3 is 0 Å². The average Bonchev–Trinajstić information content (AvgIpc) is 2.18. The molecule has 84 valence electrons. The van der Waals surface area contributed by atoms with Crippen LogP contribution < -0.4 is 5.73 Å². The van der Waals surface area contributed by atoms with Crippen LogP contribution in [-0.2, 0) is 0 Å². The third-order valence-corrected chi connectivity index (χ3v) is 2.34. The van der Waals surface area contributed by atoms with Crippen LogP contribution in [0.5, 0.6) is 0 Å². The third kappa shape index (κ3) is 4.20. The van der Waals surface area contributed by atoms with Crippen LogP contribution in [0.15, 0.2) is 30.9 Å². The molecule has 1 nitrogen and oxygen atoms in total. The Balaban J connectivity index is 0.00000196. The first-order chi connectivity index (χ1) is 6.65. The van der Waals surface area contributed by atoms with Crippen LogP contribution >= 0.6 is 24.0 Å². The molecular formula is C11H14Cl2FN. The van der Waals surface area contributed by atoms with Gasteiger partial charge in [-0.15, -0.1) is 19.0 Å². The van der Waals surface area contributed by atoms with Crippen molar-refractivity contribution in [2.75, 3.05) is 0 Å². The molecule has 0 aliphatic heterocycles. The lowest BCUT2D eigenvalue weighted by atomic mass is 10.0. The molecule has 15 heavy (non-hydrogen) atoms. The molecule has 1 aromatic carbocycles. The van der Waals surface area contributed by atoms with Gasteiger partial charge in [-0.25, -0.2) is 4.39 Å². The van der Waals surface area contributed by atoms with Crippen molar-refractivity contribution in [1.82, 2.24) is 0 Å². The molecular weight excluding hydrogens is 236 g/mol. The second kappa shape index (κ2) is 6.83. The fourth-order valence-electron chi connectivity index (χ4n) is 1.21. The maximum Gasteiger partial charge on any atom is 0.141 e. The van der Waals surface area contributed by atoms with E-state index in [4.69, 9.17) is 17.3 Å². The van der Waals surface area contributed by atoms with E-state index in [2.05, 4.69) is 6.58 Å². The normalized spacial score (nSPS) is 11.7. The van der Waals surface area contributed by atoms with Crippen molar-refractivity contribution in [1.29, 1.82) is 0 Å². The van der Waals surface area contributed by atoms with Crippen LogP contribution in [0.1, 0.15) is 24.4 Å². The van der Waals surface area contributed by atoms with Crippen molar-refractivity contribution in [2.24, 2.45) is 5.73 Å². The van der Waals surface area contributed by atoms with E-state index in [1.165, 1.54) is 6.07 Å². The van der Waals surface area contributed by atoms with Crippen LogP contribution in [0.3, 0.4) is 0 Å². The van der Waals surface area contributed by atoms with E-state index in [1.807, 2.05) is 6.08 Å². The molecule has 0 aromatic heterocycles. The summed E-state index contributed by atoms with van der Waals surface area (Å²) in [7, 11) is 0. The van der Waals surface area contributed by atoms with Gasteiger partial charge in [-0.3, -0.25) is 0 Å². The highest BCUT2D eigenvalue weighted by molar-refractivity contribution is 6.30. The van der Waals surface area contributed by atoms with E-state index < -0.39 is 5.82 Å². The SMILES string of the molecule is C=CCC[C@H](N)c1ccc(F)c(Cl)c1.Cl. The van der Waals surface area contributed by atoms with Gasteiger partial charge in [-0.05, 0) is 30.5 Å². The Morgan fingerprint density at radius 3 is 2.73 bits per heavy atom. The molecule has 0 unspecified atom stereocenters. The molecule has 0 fully saturated rings. The van der Waals surface area contributed by atoms with Gasteiger partial charge in [0.1, 0.15) is 5.82 Å². The summed E-state index contributed by atoms with van der Waals surface area (Å²) in [4.78, 5) is 0. The quantitative estimate of drug-likeness (QED) is 0.806. The summed E-state index contributed by atoms with van der Waals surface area (Å²) in [5, 5.41) is 0.122. The number of allylic oxidation sites excluding steroid dienone is 1. The van der Waals surface area contributed by atoms with E-state index >= 15 is 0 Å². The van der Waals surface area contributed by atoms with Crippen LogP contribution in [-0.4, -0.2) is 0 Å². The fraction of sp³-hybridized carbons (Fsp3) is 0.273. The van der Waals surface area contributed by atoms with E-state index in [-0.39, 0.29) is 23.5 Å². The highest BCUT2D eigenvalue weighted by Crippen LogP contribution is 2.22. The van der Waals surface area contributed by atoms with Gasteiger partial charge < -0.3 is 5.73 Å². The average molecular weight is 250 g/mol. The maximum atomic E-state index is 12.8. The van der Waals surface area contributed by atoms with E-state index in [9.17, 15) is 4.39 Å². The maximum absolute atomic E-state index is 12.8. The smallest absolute Gasteiger partial charge is 0.141 e. The molecule has 0 spiro atoms. The summed E-state index contributed by atoms with van der Waals surface area (Å²) in [6, 6.07) is 4.47. The third-order valence-electron chi connectivity index (χ3n) is 2.05. The fourth-order valence-corrected chi connectivity index (χ4v) is 1.40. The molecule has 1 aromatic rings. The predicted octanol–water partition coefficient (Wildman–Crippen LogP) is 3.87. The summed E-state index contributed by atoms with van der Waals surface area (Å²) in [6.45, 7) is 3.62. The Morgan fingerprint density at radius 1 is 1.53 bits per heavy atom. The second-order valence-electron chi connectivity index (χ2n) is 3.15. The Hall–Kier alpha value is -0.570. The first-order valence-corrected chi connectivity index (χ1v) is 4.84. The standard InChI is InChI=1S/C11H13ClFN.ClH/c1-2-3-4-11(14)8-5-6-10(13)9(12)7-8;/h2,5-7,11H,1,3-4,14H2;1H/t11-;/m0./s1. The molecule has 0 radical (unpaired) electrons. The number of nitrogens with two attached hydrogens (primary N) is 1. The lowest BCUT2D eigenvalue weighted by molar-refractivity contribution is 0.621. The Labute approximate surface area is 101 Å². The number of benzene rings is 1. The van der Waals surface area contributed by atoms with E-state index in [0.29, 0.717) is 0 Å². The largest absolute Gasteiger partial charge is 0.324 e. The van der Waals surface area contributed by atoms with Gasteiger partial charge in [0.2, 0.25) is 0 Å². The summed E-state index contributed by atoms with van der Waals surface area (Å²) in [5.74, 6) is -0.411. The van der Waals surface area contributed by atoms with E-state index in [0.717, 1.165) is 18.4 Å². The molecule has 0 aliphatic rings. The molecule has 0 amide bonds. The van der Waals surface area contributed by atoms with Crippen molar-refractivity contribution < 1.29 is 4.39 Å². The minimum Gasteiger partial charge on any atom is -0.324 e. The molecule has 1 atom stereocenters. The van der Waals surface area contributed by atoms with Crippen molar-refractivity contribution in [3.63, 3.8) is 0 Å². The van der Waals surface area contributed by atoms with Crippen molar-refractivity contribution in [2.45, 2.75) is 18.9 Å². The Kier molecular flexibility index (Phi) is 6.57. The molecule has 2 N–H and O–H groups in total. The molecule has 4 heteroatoms. The highest BCUT2D eigenvalue weighted by Gasteiger charge is 2.07. The van der Waals surface area contributed by atoms with Crippen LogP contribution in [0.2, 0.25) is 5.02 Å².